The molecular weight excluding hydrogens is 577 g/mol. The van der Waals surface area contributed by atoms with Crippen LogP contribution in [0.1, 0.15) is 31.8 Å². The van der Waals surface area contributed by atoms with Crippen LogP contribution in [-0.4, -0.2) is 37.5 Å². The second-order valence-electron chi connectivity index (χ2n) is 8.25. The van der Waals surface area contributed by atoms with Crippen molar-refractivity contribution in [2.75, 3.05) is 13.6 Å². The van der Waals surface area contributed by atoms with Gasteiger partial charge in [0.05, 0.1) is 11.1 Å². The molecule has 0 saturated carbocycles. The van der Waals surface area contributed by atoms with Gasteiger partial charge in [-0.05, 0) is 67.6 Å². The maximum Gasteiger partial charge on any atom is 0.420 e. The predicted octanol–water partition coefficient (Wildman–Crippen LogP) is 5.58. The van der Waals surface area contributed by atoms with Crippen molar-refractivity contribution in [3.8, 4) is 23.0 Å². The molecule has 0 spiro atoms. The lowest BCUT2D eigenvalue weighted by atomic mass is 10.1. The minimum absolute atomic E-state index is 0.00908. The van der Waals surface area contributed by atoms with Gasteiger partial charge >= 0.3 is 30.1 Å². The van der Waals surface area contributed by atoms with Gasteiger partial charge in [-0.15, -0.1) is 0 Å². The third kappa shape index (κ3) is 8.95. The largest absolute Gasteiger partial charge is 0.457 e. The van der Waals surface area contributed by atoms with Gasteiger partial charge in [-0.1, -0.05) is 13.2 Å². The molecule has 0 aliphatic heterocycles. The van der Waals surface area contributed by atoms with Crippen LogP contribution in [0, 0.1) is 6.92 Å². The van der Waals surface area contributed by atoms with E-state index in [1.807, 2.05) is 0 Å². The minimum Gasteiger partial charge on any atom is -0.457 e. The first kappa shape index (κ1) is 31.9. The molecule has 0 N–H and O–H groups in total. The Kier molecular flexibility index (Phi) is 10.7. The van der Waals surface area contributed by atoms with Crippen LogP contribution >= 0.6 is 0 Å². The fourth-order valence-corrected chi connectivity index (χ4v) is 3.34. The summed E-state index contributed by atoms with van der Waals surface area (Å²) in [7, 11) is 0. The average molecular weight is 600 g/mol. The topological polar surface area (TPSA) is 124 Å². The molecule has 0 radical (unpaired) electrons. The van der Waals surface area contributed by atoms with E-state index in [2.05, 4.69) is 22.6 Å². The van der Waals surface area contributed by atoms with Crippen molar-refractivity contribution in [3.05, 3.63) is 108 Å². The maximum absolute atomic E-state index is 14.0. The van der Waals surface area contributed by atoms with Gasteiger partial charge in [0.25, 0.3) is 0 Å². The Balaban J connectivity index is 1.71. The summed E-state index contributed by atoms with van der Waals surface area (Å²) < 4.78 is 72.0. The predicted molar refractivity (Wildman–Crippen MR) is 143 cm³/mol. The molecule has 10 nitrogen and oxygen atoms in total. The molecule has 13 heteroatoms. The smallest absolute Gasteiger partial charge is 0.420 e. The van der Waals surface area contributed by atoms with Crippen molar-refractivity contribution in [3.63, 3.8) is 0 Å². The molecule has 3 rings (SSSR count). The zero-order valence-corrected chi connectivity index (χ0v) is 22.5. The van der Waals surface area contributed by atoms with Crippen LogP contribution in [0.25, 0.3) is 0 Å². The third-order valence-corrected chi connectivity index (χ3v) is 5.43. The zero-order valence-electron chi connectivity index (χ0n) is 22.5. The van der Waals surface area contributed by atoms with Gasteiger partial charge in [0.1, 0.15) is 28.6 Å². The Morgan fingerprint density at radius 2 is 1.07 bits per heavy atom. The molecule has 0 bridgehead atoms. The zero-order chi connectivity index (χ0) is 31.6. The van der Waals surface area contributed by atoms with E-state index in [-0.39, 0.29) is 22.6 Å². The molecule has 0 heterocycles. The molecule has 0 aliphatic rings. The van der Waals surface area contributed by atoms with E-state index >= 15 is 0 Å². The number of esters is 4. The molecule has 0 unspecified atom stereocenters. The van der Waals surface area contributed by atoms with Crippen LogP contribution in [-0.2, 0) is 25.2 Å². The van der Waals surface area contributed by atoms with Crippen molar-refractivity contribution in [1.82, 2.24) is 0 Å². The number of hydrogen-bond donors (Lipinski definition) is 0. The first-order chi connectivity index (χ1) is 20.4. The fourth-order valence-electron chi connectivity index (χ4n) is 3.34. The highest BCUT2D eigenvalue weighted by molar-refractivity contribution is 5.92. The molecular formula is C30H23F3O10. The SMILES string of the molecule is C=CC(=O)OCOc1ccc(C(=O)Oc2ccc(OC(=O)c3ccc(OCOC(=O)C=C)cc3)c(C(F)(F)F)c2C)cc1. The van der Waals surface area contributed by atoms with Gasteiger partial charge in [-0.2, -0.15) is 13.2 Å². The van der Waals surface area contributed by atoms with E-state index < -0.39 is 66.3 Å². The molecule has 224 valence electrons. The number of rotatable bonds is 12. The second kappa shape index (κ2) is 14.3. The maximum atomic E-state index is 14.0. The summed E-state index contributed by atoms with van der Waals surface area (Å²) >= 11 is 0. The van der Waals surface area contributed by atoms with Crippen LogP contribution in [0.5, 0.6) is 23.0 Å². The molecule has 0 atom stereocenters. The Bertz CT molecular complexity index is 1510. The van der Waals surface area contributed by atoms with E-state index in [0.29, 0.717) is 0 Å². The van der Waals surface area contributed by atoms with Crippen LogP contribution in [0.2, 0.25) is 0 Å². The van der Waals surface area contributed by atoms with Crippen LogP contribution in [0.4, 0.5) is 13.2 Å². The first-order valence-corrected chi connectivity index (χ1v) is 12.1. The fraction of sp³-hybridized carbons (Fsp3) is 0.133. The van der Waals surface area contributed by atoms with Crippen LogP contribution in [0.15, 0.2) is 86.0 Å². The Morgan fingerprint density at radius 1 is 0.674 bits per heavy atom. The van der Waals surface area contributed by atoms with Crippen LogP contribution in [0.3, 0.4) is 0 Å². The lowest BCUT2D eigenvalue weighted by molar-refractivity contribution is -0.145. The molecule has 3 aromatic rings. The van der Waals surface area contributed by atoms with E-state index in [0.717, 1.165) is 31.2 Å². The van der Waals surface area contributed by atoms with Crippen molar-refractivity contribution >= 4 is 23.9 Å². The lowest BCUT2D eigenvalue weighted by Gasteiger charge is -2.18. The highest BCUT2D eigenvalue weighted by atomic mass is 19.4. The molecule has 0 amide bonds. The lowest BCUT2D eigenvalue weighted by Crippen LogP contribution is -2.17. The standard InChI is InChI=1S/C30H23F3O10/c1-4-25(34)40-16-38-21-10-6-19(7-11-21)28(36)42-23-14-15-24(27(18(23)3)30(31,32)33)43-29(37)20-8-12-22(13-9-20)39-17-41-26(35)5-2/h4-15H,1-2,16-17H2,3H3. The Morgan fingerprint density at radius 3 is 1.47 bits per heavy atom. The minimum atomic E-state index is -4.98. The van der Waals surface area contributed by atoms with Crippen molar-refractivity contribution in [2.24, 2.45) is 0 Å². The summed E-state index contributed by atoms with van der Waals surface area (Å²) in [4.78, 5) is 47.3. The highest BCUT2D eigenvalue weighted by Gasteiger charge is 2.38. The average Bonchev–Trinajstić information content (AvgIpc) is 2.98. The van der Waals surface area contributed by atoms with Crippen molar-refractivity contribution in [1.29, 1.82) is 0 Å². The molecule has 0 saturated heterocycles. The summed E-state index contributed by atoms with van der Waals surface area (Å²) in [6.07, 6.45) is -3.08. The molecule has 0 aliphatic carbocycles. The summed E-state index contributed by atoms with van der Waals surface area (Å²) in [5, 5.41) is 0. The summed E-state index contributed by atoms with van der Waals surface area (Å²) in [6, 6.07) is 12.4. The van der Waals surface area contributed by atoms with Gasteiger partial charge in [0, 0.05) is 17.7 Å². The van der Waals surface area contributed by atoms with Gasteiger partial charge in [-0.25, -0.2) is 19.2 Å². The number of hydrogen-bond acceptors (Lipinski definition) is 10. The van der Waals surface area contributed by atoms with Crippen molar-refractivity contribution < 1.29 is 60.8 Å². The normalized spacial score (nSPS) is 10.6. The Hall–Kier alpha value is -5.59. The van der Waals surface area contributed by atoms with E-state index in [9.17, 15) is 32.3 Å². The van der Waals surface area contributed by atoms with E-state index in [1.165, 1.54) is 48.5 Å². The number of carbonyl (C=O) groups excluding carboxylic acids is 4. The van der Waals surface area contributed by atoms with E-state index in [4.69, 9.17) is 18.9 Å². The van der Waals surface area contributed by atoms with Gasteiger partial charge < -0.3 is 28.4 Å². The molecule has 0 fully saturated rings. The number of carbonyl (C=O) groups is 4. The molecule has 0 aromatic heterocycles. The Labute approximate surface area is 242 Å². The van der Waals surface area contributed by atoms with Crippen molar-refractivity contribution in [2.45, 2.75) is 13.1 Å². The van der Waals surface area contributed by atoms with Crippen LogP contribution < -0.4 is 18.9 Å². The summed E-state index contributed by atoms with van der Waals surface area (Å²) in [5.41, 5.74) is -1.91. The number of ether oxygens (including phenoxy) is 6. The quantitative estimate of drug-likeness (QED) is 0.113. The molecule has 43 heavy (non-hydrogen) atoms. The monoisotopic (exact) mass is 600 g/mol. The number of benzene rings is 3. The van der Waals surface area contributed by atoms with Gasteiger partial charge in [-0.3, -0.25) is 0 Å². The third-order valence-electron chi connectivity index (χ3n) is 5.43. The highest BCUT2D eigenvalue weighted by Crippen LogP contribution is 2.42. The second-order valence-corrected chi connectivity index (χ2v) is 8.25. The van der Waals surface area contributed by atoms with Gasteiger partial charge in [0.15, 0.2) is 0 Å². The molecule has 3 aromatic carbocycles. The van der Waals surface area contributed by atoms with Gasteiger partial charge in [0.2, 0.25) is 13.6 Å². The first-order valence-electron chi connectivity index (χ1n) is 12.1. The summed E-state index contributed by atoms with van der Waals surface area (Å²) in [6.45, 7) is 6.71. The number of halogens is 3. The number of alkyl halides is 3. The summed E-state index contributed by atoms with van der Waals surface area (Å²) in [5.74, 6) is -4.22. The van der Waals surface area contributed by atoms with E-state index in [1.54, 1.807) is 0 Å².